The fourth-order valence-corrected chi connectivity index (χ4v) is 4.03. The van der Waals surface area contributed by atoms with Gasteiger partial charge in [0.2, 0.25) is 0 Å². The molecule has 0 aromatic carbocycles. The van der Waals surface area contributed by atoms with Gasteiger partial charge in [-0.25, -0.2) is 4.98 Å². The van der Waals surface area contributed by atoms with E-state index in [0.717, 1.165) is 40.8 Å². The SMILES string of the molecule is CCN(Cc1cccs1)C(=O)c1cc(C2CC2)nc2c1c(C)nn2C. The highest BCUT2D eigenvalue weighted by Gasteiger charge is 2.29. The lowest BCUT2D eigenvalue weighted by Gasteiger charge is -2.21. The van der Waals surface area contributed by atoms with E-state index in [4.69, 9.17) is 4.98 Å². The Hall–Kier alpha value is -2.21. The predicted molar refractivity (Wildman–Crippen MR) is 100.0 cm³/mol. The number of carbonyl (C=O) groups excluding carboxylic acids is 1. The number of hydrogen-bond acceptors (Lipinski definition) is 4. The fourth-order valence-electron chi connectivity index (χ4n) is 3.31. The van der Waals surface area contributed by atoms with Crippen LogP contribution in [0, 0.1) is 6.92 Å². The van der Waals surface area contributed by atoms with Crippen LogP contribution in [-0.4, -0.2) is 32.1 Å². The topological polar surface area (TPSA) is 51.0 Å². The number of aromatic nitrogens is 3. The van der Waals surface area contributed by atoms with Gasteiger partial charge >= 0.3 is 0 Å². The third kappa shape index (κ3) is 2.95. The molecule has 3 aromatic rings. The molecule has 0 saturated heterocycles. The Morgan fingerprint density at radius 2 is 2.24 bits per heavy atom. The summed E-state index contributed by atoms with van der Waals surface area (Å²) in [6.07, 6.45) is 2.32. The molecule has 4 rings (SSSR count). The minimum atomic E-state index is 0.0706. The number of fused-ring (bicyclic) bond motifs is 1. The van der Waals surface area contributed by atoms with Gasteiger partial charge < -0.3 is 4.90 Å². The predicted octanol–water partition coefficient (Wildman–Crippen LogP) is 3.88. The summed E-state index contributed by atoms with van der Waals surface area (Å²) in [5.41, 5.74) is 3.46. The zero-order valence-electron chi connectivity index (χ0n) is 14.8. The van der Waals surface area contributed by atoms with Gasteiger partial charge in [-0.15, -0.1) is 11.3 Å². The minimum absolute atomic E-state index is 0.0706. The third-order valence-corrected chi connectivity index (χ3v) is 5.67. The Morgan fingerprint density at radius 3 is 2.88 bits per heavy atom. The maximum Gasteiger partial charge on any atom is 0.255 e. The van der Waals surface area contributed by atoms with Crippen molar-refractivity contribution in [3.8, 4) is 0 Å². The molecule has 6 heteroatoms. The van der Waals surface area contributed by atoms with E-state index >= 15 is 0 Å². The van der Waals surface area contributed by atoms with E-state index in [1.165, 1.54) is 4.88 Å². The second-order valence-electron chi connectivity index (χ2n) is 6.68. The van der Waals surface area contributed by atoms with Gasteiger partial charge in [0.15, 0.2) is 5.65 Å². The first kappa shape index (κ1) is 16.3. The summed E-state index contributed by atoms with van der Waals surface area (Å²) in [5.74, 6) is 0.569. The summed E-state index contributed by atoms with van der Waals surface area (Å²) >= 11 is 1.69. The number of rotatable bonds is 5. The van der Waals surface area contributed by atoms with Crippen molar-refractivity contribution >= 4 is 28.3 Å². The number of nitrogens with zero attached hydrogens (tertiary/aromatic N) is 4. The van der Waals surface area contributed by atoms with Crippen LogP contribution in [0.15, 0.2) is 23.6 Å². The molecule has 3 heterocycles. The first-order chi connectivity index (χ1) is 12.1. The van der Waals surface area contributed by atoms with Crippen molar-refractivity contribution < 1.29 is 4.79 Å². The van der Waals surface area contributed by atoms with Crippen molar-refractivity contribution in [2.45, 2.75) is 39.2 Å². The molecule has 1 saturated carbocycles. The smallest absolute Gasteiger partial charge is 0.255 e. The zero-order valence-corrected chi connectivity index (χ0v) is 15.6. The Morgan fingerprint density at radius 1 is 1.44 bits per heavy atom. The van der Waals surface area contributed by atoms with Gasteiger partial charge in [0.05, 0.1) is 23.2 Å². The van der Waals surface area contributed by atoms with Crippen molar-refractivity contribution in [1.82, 2.24) is 19.7 Å². The molecule has 0 spiro atoms. The molecule has 0 N–H and O–H groups in total. The van der Waals surface area contributed by atoms with E-state index in [1.807, 2.05) is 37.9 Å². The average Bonchev–Trinajstić information content (AvgIpc) is 3.26. The Labute approximate surface area is 151 Å². The molecular weight excluding hydrogens is 332 g/mol. The summed E-state index contributed by atoms with van der Waals surface area (Å²) in [6.45, 7) is 5.31. The van der Waals surface area contributed by atoms with Gasteiger partial charge in [-0.2, -0.15) is 5.10 Å². The van der Waals surface area contributed by atoms with E-state index in [-0.39, 0.29) is 5.91 Å². The molecular formula is C19H22N4OS. The van der Waals surface area contributed by atoms with Crippen LogP contribution >= 0.6 is 11.3 Å². The molecule has 0 radical (unpaired) electrons. The number of aryl methyl sites for hydroxylation is 2. The molecule has 25 heavy (non-hydrogen) atoms. The van der Waals surface area contributed by atoms with Crippen molar-refractivity contribution in [3.63, 3.8) is 0 Å². The zero-order chi connectivity index (χ0) is 17.6. The molecule has 1 aliphatic rings. The minimum Gasteiger partial charge on any atom is -0.334 e. The molecule has 0 aliphatic heterocycles. The second kappa shape index (κ2) is 6.26. The lowest BCUT2D eigenvalue weighted by atomic mass is 10.1. The van der Waals surface area contributed by atoms with E-state index in [0.29, 0.717) is 19.0 Å². The normalized spacial score (nSPS) is 14.2. The van der Waals surface area contributed by atoms with Crippen LogP contribution in [0.5, 0.6) is 0 Å². The summed E-state index contributed by atoms with van der Waals surface area (Å²) < 4.78 is 1.79. The Kier molecular flexibility index (Phi) is 4.07. The molecule has 1 aliphatic carbocycles. The summed E-state index contributed by atoms with van der Waals surface area (Å²) in [6, 6.07) is 6.11. The monoisotopic (exact) mass is 354 g/mol. The summed E-state index contributed by atoms with van der Waals surface area (Å²) in [5, 5.41) is 7.44. The number of thiophene rings is 1. The summed E-state index contributed by atoms with van der Waals surface area (Å²) in [4.78, 5) is 21.2. The highest BCUT2D eigenvalue weighted by molar-refractivity contribution is 7.09. The quantitative estimate of drug-likeness (QED) is 0.699. The lowest BCUT2D eigenvalue weighted by Crippen LogP contribution is -2.30. The van der Waals surface area contributed by atoms with Crippen LogP contribution in [0.3, 0.4) is 0 Å². The molecule has 3 aromatic heterocycles. The van der Waals surface area contributed by atoms with Gasteiger partial charge in [-0.05, 0) is 44.2 Å². The van der Waals surface area contributed by atoms with Gasteiger partial charge in [-0.1, -0.05) is 6.07 Å². The van der Waals surface area contributed by atoms with Crippen LogP contribution in [0.25, 0.3) is 11.0 Å². The number of carbonyl (C=O) groups is 1. The van der Waals surface area contributed by atoms with Crippen molar-refractivity contribution in [2.24, 2.45) is 7.05 Å². The van der Waals surface area contributed by atoms with E-state index in [9.17, 15) is 4.79 Å². The van der Waals surface area contributed by atoms with Crippen molar-refractivity contribution in [2.75, 3.05) is 6.54 Å². The van der Waals surface area contributed by atoms with Gasteiger partial charge in [0.1, 0.15) is 0 Å². The van der Waals surface area contributed by atoms with Gasteiger partial charge in [-0.3, -0.25) is 9.48 Å². The van der Waals surface area contributed by atoms with Crippen molar-refractivity contribution in [1.29, 1.82) is 0 Å². The van der Waals surface area contributed by atoms with Crippen molar-refractivity contribution in [3.05, 3.63) is 45.4 Å². The maximum absolute atomic E-state index is 13.3. The van der Waals surface area contributed by atoms with Crippen LogP contribution in [0.4, 0.5) is 0 Å². The Bertz CT molecular complexity index is 925. The molecule has 1 amide bonds. The lowest BCUT2D eigenvalue weighted by molar-refractivity contribution is 0.0756. The molecule has 0 bridgehead atoms. The number of amides is 1. The number of pyridine rings is 1. The largest absolute Gasteiger partial charge is 0.334 e. The van der Waals surface area contributed by atoms with E-state index in [2.05, 4.69) is 16.5 Å². The Balaban J connectivity index is 1.79. The first-order valence-electron chi connectivity index (χ1n) is 8.74. The van der Waals surface area contributed by atoms with E-state index < -0.39 is 0 Å². The van der Waals surface area contributed by atoms with Crippen LogP contribution in [-0.2, 0) is 13.6 Å². The summed E-state index contributed by atoms with van der Waals surface area (Å²) in [7, 11) is 1.90. The van der Waals surface area contributed by atoms with E-state index in [1.54, 1.807) is 16.0 Å². The molecule has 0 atom stereocenters. The number of hydrogen-bond donors (Lipinski definition) is 0. The fraction of sp³-hybridized carbons (Fsp3) is 0.421. The molecule has 130 valence electrons. The maximum atomic E-state index is 13.3. The molecule has 0 unspecified atom stereocenters. The second-order valence-corrected chi connectivity index (χ2v) is 7.71. The van der Waals surface area contributed by atoms with Crippen LogP contribution in [0.2, 0.25) is 0 Å². The standard InChI is InChI=1S/C19H22N4OS/c1-4-23(11-14-6-5-9-25-14)19(24)15-10-16(13-7-8-13)20-18-17(15)12(2)21-22(18)3/h5-6,9-10,13H,4,7-8,11H2,1-3H3. The van der Waals surface area contributed by atoms with Crippen LogP contribution < -0.4 is 0 Å². The average molecular weight is 354 g/mol. The highest BCUT2D eigenvalue weighted by Crippen LogP contribution is 2.40. The van der Waals surface area contributed by atoms with Gasteiger partial charge in [0, 0.05) is 30.1 Å². The molecule has 5 nitrogen and oxygen atoms in total. The van der Waals surface area contributed by atoms with Gasteiger partial charge in [0.25, 0.3) is 5.91 Å². The first-order valence-corrected chi connectivity index (χ1v) is 9.62. The third-order valence-electron chi connectivity index (χ3n) is 4.81. The van der Waals surface area contributed by atoms with Crippen LogP contribution in [0.1, 0.15) is 52.3 Å². The molecule has 1 fully saturated rings. The highest BCUT2D eigenvalue weighted by atomic mass is 32.1.